The molecule has 1 fully saturated rings. The van der Waals surface area contributed by atoms with E-state index in [-0.39, 0.29) is 23.6 Å². The van der Waals surface area contributed by atoms with Crippen molar-refractivity contribution in [2.75, 3.05) is 20.3 Å². The minimum absolute atomic E-state index is 0.0349. The van der Waals surface area contributed by atoms with Crippen molar-refractivity contribution < 1.29 is 18.3 Å². The Morgan fingerprint density at radius 2 is 2.13 bits per heavy atom. The monoisotopic (exact) mass is 317 g/mol. The molecule has 1 aromatic heterocycles. The lowest BCUT2D eigenvalue weighted by Gasteiger charge is -2.21. The first-order chi connectivity index (χ1) is 11.2. The predicted molar refractivity (Wildman–Crippen MR) is 83.2 cm³/mol. The molecular formula is C18H20FNO3. The van der Waals surface area contributed by atoms with Crippen LogP contribution in [0.3, 0.4) is 0 Å². The summed E-state index contributed by atoms with van der Waals surface area (Å²) < 4.78 is 23.4. The van der Waals surface area contributed by atoms with Crippen LogP contribution in [0.4, 0.5) is 4.39 Å². The summed E-state index contributed by atoms with van der Waals surface area (Å²) >= 11 is 0. The van der Waals surface area contributed by atoms with Crippen LogP contribution in [0.25, 0.3) is 0 Å². The highest BCUT2D eigenvalue weighted by Gasteiger charge is 2.45. The minimum atomic E-state index is -0.253. The van der Waals surface area contributed by atoms with Crippen LogP contribution in [0, 0.1) is 11.7 Å². The van der Waals surface area contributed by atoms with Gasteiger partial charge in [-0.25, -0.2) is 4.39 Å². The highest BCUT2D eigenvalue weighted by molar-refractivity contribution is 5.83. The first kappa shape index (κ1) is 15.7. The maximum Gasteiger partial charge on any atom is 0.226 e. The lowest BCUT2D eigenvalue weighted by molar-refractivity contribution is -0.134. The van der Waals surface area contributed by atoms with E-state index in [0.29, 0.717) is 19.7 Å². The molecule has 0 saturated heterocycles. The largest absolute Gasteiger partial charge is 0.467 e. The Bertz CT molecular complexity index is 639. The highest BCUT2D eigenvalue weighted by Crippen LogP contribution is 2.48. The summed E-state index contributed by atoms with van der Waals surface area (Å²) in [5, 5.41) is 0. The highest BCUT2D eigenvalue weighted by atomic mass is 19.1. The van der Waals surface area contributed by atoms with Crippen LogP contribution >= 0.6 is 0 Å². The second kappa shape index (κ2) is 6.96. The fourth-order valence-electron chi connectivity index (χ4n) is 2.84. The SMILES string of the molecule is COCCN(Cc1ccco1)C(=O)C1CC1c1ccc(F)cc1. The molecule has 23 heavy (non-hydrogen) atoms. The fraction of sp³-hybridized carbons (Fsp3) is 0.389. The van der Waals surface area contributed by atoms with Gasteiger partial charge in [0.25, 0.3) is 0 Å². The van der Waals surface area contributed by atoms with Crippen molar-refractivity contribution in [1.29, 1.82) is 0 Å². The van der Waals surface area contributed by atoms with Crippen molar-refractivity contribution in [2.45, 2.75) is 18.9 Å². The van der Waals surface area contributed by atoms with Crippen molar-refractivity contribution in [3.63, 3.8) is 0 Å². The summed E-state index contributed by atoms with van der Waals surface area (Å²) in [6, 6.07) is 10.1. The number of carbonyl (C=O) groups excluding carboxylic acids is 1. The zero-order valence-electron chi connectivity index (χ0n) is 13.1. The topological polar surface area (TPSA) is 42.7 Å². The Hall–Kier alpha value is -2.14. The number of amides is 1. The number of furan rings is 1. The van der Waals surface area contributed by atoms with Gasteiger partial charge in [-0.1, -0.05) is 12.1 Å². The number of ether oxygens (including phenoxy) is 1. The van der Waals surface area contributed by atoms with E-state index >= 15 is 0 Å². The molecule has 122 valence electrons. The van der Waals surface area contributed by atoms with E-state index in [4.69, 9.17) is 9.15 Å². The zero-order valence-corrected chi connectivity index (χ0v) is 13.1. The molecule has 1 aromatic carbocycles. The normalized spacial score (nSPS) is 19.6. The third kappa shape index (κ3) is 3.79. The lowest BCUT2D eigenvalue weighted by atomic mass is 10.1. The third-order valence-corrected chi connectivity index (χ3v) is 4.21. The van der Waals surface area contributed by atoms with Gasteiger partial charge in [0, 0.05) is 19.6 Å². The molecule has 5 heteroatoms. The predicted octanol–water partition coefficient (Wildman–Crippen LogP) is 3.20. The van der Waals surface area contributed by atoms with Gasteiger partial charge in [-0.3, -0.25) is 4.79 Å². The van der Waals surface area contributed by atoms with Crippen molar-refractivity contribution in [2.24, 2.45) is 5.92 Å². The van der Waals surface area contributed by atoms with Crippen molar-refractivity contribution >= 4 is 5.91 Å². The molecule has 2 atom stereocenters. The minimum Gasteiger partial charge on any atom is -0.467 e. The first-order valence-corrected chi connectivity index (χ1v) is 7.74. The van der Waals surface area contributed by atoms with Gasteiger partial charge in [0.2, 0.25) is 5.91 Å². The molecule has 0 aliphatic heterocycles. The maximum absolute atomic E-state index is 13.0. The van der Waals surface area contributed by atoms with Crippen LogP contribution in [0.2, 0.25) is 0 Å². The van der Waals surface area contributed by atoms with Gasteiger partial charge in [0.05, 0.1) is 19.4 Å². The van der Waals surface area contributed by atoms with Crippen molar-refractivity contribution in [3.8, 4) is 0 Å². The number of nitrogens with zero attached hydrogens (tertiary/aromatic N) is 1. The summed E-state index contributed by atoms with van der Waals surface area (Å²) in [5.74, 6) is 0.759. The Morgan fingerprint density at radius 1 is 1.35 bits per heavy atom. The van der Waals surface area contributed by atoms with Crippen LogP contribution in [-0.2, 0) is 16.1 Å². The van der Waals surface area contributed by atoms with Gasteiger partial charge in [-0.05, 0) is 42.2 Å². The molecule has 2 unspecified atom stereocenters. The molecule has 0 spiro atoms. The molecule has 1 aliphatic carbocycles. The summed E-state index contributed by atoms with van der Waals surface area (Å²) in [6.45, 7) is 1.46. The maximum atomic E-state index is 13.0. The molecule has 1 aliphatic rings. The van der Waals surface area contributed by atoms with E-state index in [1.165, 1.54) is 12.1 Å². The van der Waals surface area contributed by atoms with Gasteiger partial charge >= 0.3 is 0 Å². The fourth-order valence-corrected chi connectivity index (χ4v) is 2.84. The number of rotatable bonds is 7. The van der Waals surface area contributed by atoms with Crippen LogP contribution in [0.5, 0.6) is 0 Å². The number of methoxy groups -OCH3 is 1. The molecule has 1 saturated carbocycles. The van der Waals surface area contributed by atoms with Crippen LogP contribution in [0.15, 0.2) is 47.1 Å². The van der Waals surface area contributed by atoms with Crippen LogP contribution < -0.4 is 0 Å². The van der Waals surface area contributed by atoms with Gasteiger partial charge in [-0.2, -0.15) is 0 Å². The van der Waals surface area contributed by atoms with E-state index < -0.39 is 0 Å². The van der Waals surface area contributed by atoms with Crippen LogP contribution in [0.1, 0.15) is 23.7 Å². The number of benzene rings is 1. The Balaban J connectivity index is 1.65. The standard InChI is InChI=1S/C18H20FNO3/c1-22-10-8-20(12-15-3-2-9-23-15)18(21)17-11-16(17)13-4-6-14(19)7-5-13/h2-7,9,16-17H,8,10-12H2,1H3. The number of hydrogen-bond donors (Lipinski definition) is 0. The second-order valence-corrected chi connectivity index (χ2v) is 5.83. The number of carbonyl (C=O) groups is 1. The quantitative estimate of drug-likeness (QED) is 0.787. The lowest BCUT2D eigenvalue weighted by Crippen LogP contribution is -2.34. The van der Waals surface area contributed by atoms with Gasteiger partial charge in [0.15, 0.2) is 0 Å². The Kier molecular flexibility index (Phi) is 4.76. The van der Waals surface area contributed by atoms with Crippen molar-refractivity contribution in [1.82, 2.24) is 4.90 Å². The Labute approximate surface area is 134 Å². The molecule has 0 bridgehead atoms. The first-order valence-electron chi connectivity index (χ1n) is 7.74. The molecule has 0 N–H and O–H groups in total. The second-order valence-electron chi connectivity index (χ2n) is 5.83. The molecular weight excluding hydrogens is 297 g/mol. The van der Waals surface area contributed by atoms with E-state index in [1.807, 2.05) is 12.1 Å². The average Bonchev–Trinajstić information content (AvgIpc) is 3.19. The third-order valence-electron chi connectivity index (χ3n) is 4.21. The molecule has 0 radical (unpaired) electrons. The van der Waals surface area contributed by atoms with Gasteiger partial charge in [0.1, 0.15) is 11.6 Å². The average molecular weight is 317 g/mol. The van der Waals surface area contributed by atoms with E-state index in [1.54, 1.807) is 30.4 Å². The van der Waals surface area contributed by atoms with Crippen molar-refractivity contribution in [3.05, 3.63) is 59.8 Å². The summed E-state index contributed by atoms with van der Waals surface area (Å²) in [7, 11) is 1.62. The number of halogens is 1. The van der Waals surface area contributed by atoms with E-state index in [9.17, 15) is 9.18 Å². The summed E-state index contributed by atoms with van der Waals surface area (Å²) in [4.78, 5) is 14.5. The molecule has 1 amide bonds. The Morgan fingerprint density at radius 3 is 2.78 bits per heavy atom. The summed E-state index contributed by atoms with van der Waals surface area (Å²) in [6.07, 6.45) is 2.42. The molecule has 2 aromatic rings. The van der Waals surface area contributed by atoms with Gasteiger partial charge in [-0.15, -0.1) is 0 Å². The number of hydrogen-bond acceptors (Lipinski definition) is 3. The molecule has 1 heterocycles. The zero-order chi connectivity index (χ0) is 16.2. The van der Waals surface area contributed by atoms with E-state index in [2.05, 4.69) is 0 Å². The van der Waals surface area contributed by atoms with E-state index in [0.717, 1.165) is 17.7 Å². The summed E-state index contributed by atoms with van der Waals surface area (Å²) in [5.41, 5.74) is 1.02. The molecule has 3 rings (SSSR count). The van der Waals surface area contributed by atoms with Gasteiger partial charge < -0.3 is 14.1 Å². The van der Waals surface area contributed by atoms with Crippen LogP contribution in [-0.4, -0.2) is 31.1 Å². The molecule has 4 nitrogen and oxygen atoms in total. The smallest absolute Gasteiger partial charge is 0.226 e.